The summed E-state index contributed by atoms with van der Waals surface area (Å²) in [6.07, 6.45) is 1.25. The van der Waals surface area contributed by atoms with Crippen LogP contribution in [-0.2, 0) is 4.79 Å². The van der Waals surface area contributed by atoms with Crippen LogP contribution in [0.4, 0.5) is 0 Å². The van der Waals surface area contributed by atoms with Crippen LogP contribution >= 0.6 is 11.8 Å². The van der Waals surface area contributed by atoms with Crippen LogP contribution in [0.5, 0.6) is 0 Å². The highest BCUT2D eigenvalue weighted by Crippen LogP contribution is 2.32. The summed E-state index contributed by atoms with van der Waals surface area (Å²) in [5.74, 6) is 0.738. The van der Waals surface area contributed by atoms with Crippen LogP contribution in [0.25, 0.3) is 0 Å². The van der Waals surface area contributed by atoms with E-state index < -0.39 is 0 Å². The lowest BCUT2D eigenvalue weighted by molar-refractivity contribution is -0.122. The molecule has 20 heavy (non-hydrogen) atoms. The second kappa shape index (κ2) is 5.99. The van der Waals surface area contributed by atoms with E-state index in [1.165, 1.54) is 0 Å². The summed E-state index contributed by atoms with van der Waals surface area (Å²) >= 11 is 1.55. The number of amides is 1. The van der Waals surface area contributed by atoms with Gasteiger partial charge < -0.3 is 5.32 Å². The van der Waals surface area contributed by atoms with Crippen LogP contribution in [0.15, 0.2) is 9.95 Å². The molecule has 0 aliphatic carbocycles. The largest absolute Gasteiger partial charge is 0.354 e. The van der Waals surface area contributed by atoms with Gasteiger partial charge in [0.1, 0.15) is 0 Å². The molecule has 5 nitrogen and oxygen atoms in total. The average Bonchev–Trinajstić information content (AvgIpc) is 2.78. The zero-order chi connectivity index (χ0) is 14.9. The summed E-state index contributed by atoms with van der Waals surface area (Å²) in [4.78, 5) is 28.8. The van der Waals surface area contributed by atoms with E-state index in [0.29, 0.717) is 12.0 Å². The molecule has 1 amide bonds. The molecule has 0 unspecified atom stereocenters. The van der Waals surface area contributed by atoms with E-state index >= 15 is 0 Å². The van der Waals surface area contributed by atoms with Crippen LogP contribution in [0, 0.1) is 13.8 Å². The van der Waals surface area contributed by atoms with Crippen molar-refractivity contribution in [3.63, 3.8) is 0 Å². The molecule has 0 fully saturated rings. The molecule has 2 heterocycles. The minimum absolute atomic E-state index is 0.00271. The van der Waals surface area contributed by atoms with Crippen molar-refractivity contribution < 1.29 is 4.79 Å². The number of aromatic nitrogens is 2. The Morgan fingerprint density at radius 2 is 2.25 bits per heavy atom. The summed E-state index contributed by atoms with van der Waals surface area (Å²) in [5.41, 5.74) is 1.43. The van der Waals surface area contributed by atoms with Gasteiger partial charge in [0.15, 0.2) is 5.16 Å². The quantitative estimate of drug-likeness (QED) is 0.861. The topological polar surface area (TPSA) is 64.0 Å². The smallest absolute Gasteiger partial charge is 0.257 e. The van der Waals surface area contributed by atoms with Gasteiger partial charge in [0.25, 0.3) is 5.56 Å². The minimum atomic E-state index is -0.0849. The number of hydrogen-bond donors (Lipinski definition) is 1. The highest BCUT2D eigenvalue weighted by Gasteiger charge is 2.28. The van der Waals surface area contributed by atoms with Crippen molar-refractivity contribution in [2.24, 2.45) is 0 Å². The maximum atomic E-state index is 12.3. The van der Waals surface area contributed by atoms with Gasteiger partial charge in [-0.3, -0.25) is 14.2 Å². The van der Waals surface area contributed by atoms with Crippen molar-refractivity contribution in [2.75, 3.05) is 5.75 Å². The van der Waals surface area contributed by atoms with E-state index in [1.807, 2.05) is 20.8 Å². The molecule has 1 aliphatic rings. The molecule has 1 N–H and O–H groups in total. The first-order chi connectivity index (χ1) is 9.43. The van der Waals surface area contributed by atoms with Crippen molar-refractivity contribution >= 4 is 17.7 Å². The van der Waals surface area contributed by atoms with E-state index in [2.05, 4.69) is 10.3 Å². The molecule has 0 saturated heterocycles. The van der Waals surface area contributed by atoms with Gasteiger partial charge in [-0.05, 0) is 27.2 Å². The van der Waals surface area contributed by atoms with Crippen molar-refractivity contribution in [1.82, 2.24) is 14.9 Å². The summed E-state index contributed by atoms with van der Waals surface area (Å²) in [7, 11) is 0. The molecule has 0 saturated carbocycles. The SMILES string of the molecule is CC[C@@H](C)NC(=O)C[C@H]1CSc2nc(C)c(C)c(=O)n21. The van der Waals surface area contributed by atoms with E-state index in [9.17, 15) is 9.59 Å². The monoisotopic (exact) mass is 295 g/mol. The number of carbonyl (C=O) groups is 1. The Morgan fingerprint density at radius 3 is 2.90 bits per heavy atom. The Hall–Kier alpha value is -1.30. The third-order valence-corrected chi connectivity index (χ3v) is 4.86. The zero-order valence-electron chi connectivity index (χ0n) is 12.4. The number of rotatable bonds is 4. The van der Waals surface area contributed by atoms with Gasteiger partial charge >= 0.3 is 0 Å². The lowest BCUT2D eigenvalue weighted by Gasteiger charge is -2.16. The van der Waals surface area contributed by atoms with Crippen molar-refractivity contribution in [1.29, 1.82) is 0 Å². The first-order valence-electron chi connectivity index (χ1n) is 6.96. The first-order valence-corrected chi connectivity index (χ1v) is 7.94. The number of hydrogen-bond acceptors (Lipinski definition) is 4. The van der Waals surface area contributed by atoms with Gasteiger partial charge in [-0.2, -0.15) is 0 Å². The molecular weight excluding hydrogens is 274 g/mol. The summed E-state index contributed by atoms with van der Waals surface area (Å²) in [5, 5.41) is 3.68. The van der Waals surface area contributed by atoms with Gasteiger partial charge in [0.2, 0.25) is 5.91 Å². The fraction of sp³-hybridized carbons (Fsp3) is 0.643. The lowest BCUT2D eigenvalue weighted by atomic mass is 10.2. The first kappa shape index (κ1) is 15.1. The summed E-state index contributed by atoms with van der Waals surface area (Å²) in [6.45, 7) is 7.65. The van der Waals surface area contributed by atoms with Crippen LogP contribution in [0.1, 0.15) is 44.0 Å². The molecule has 6 heteroatoms. The van der Waals surface area contributed by atoms with Gasteiger partial charge in [-0.25, -0.2) is 4.98 Å². The third-order valence-electron chi connectivity index (χ3n) is 3.76. The molecule has 1 aromatic rings. The zero-order valence-corrected chi connectivity index (χ0v) is 13.2. The van der Waals surface area contributed by atoms with Gasteiger partial charge in [-0.15, -0.1) is 0 Å². The average molecular weight is 295 g/mol. The normalized spacial score (nSPS) is 18.7. The van der Waals surface area contributed by atoms with Crippen LogP contribution in [0.2, 0.25) is 0 Å². The second-order valence-corrected chi connectivity index (χ2v) is 6.31. The molecule has 2 atom stereocenters. The lowest BCUT2D eigenvalue weighted by Crippen LogP contribution is -2.35. The molecule has 1 aliphatic heterocycles. The van der Waals surface area contributed by atoms with Gasteiger partial charge in [0.05, 0.1) is 6.04 Å². The Kier molecular flexibility index (Phi) is 4.52. The molecule has 0 radical (unpaired) electrons. The van der Waals surface area contributed by atoms with Gasteiger partial charge in [0, 0.05) is 29.5 Å². The maximum Gasteiger partial charge on any atom is 0.257 e. The van der Waals surface area contributed by atoms with Crippen LogP contribution < -0.4 is 10.9 Å². The van der Waals surface area contributed by atoms with E-state index in [1.54, 1.807) is 23.3 Å². The molecule has 0 bridgehead atoms. The molecule has 2 rings (SSSR count). The minimum Gasteiger partial charge on any atom is -0.354 e. The number of carbonyl (C=O) groups excluding carboxylic acids is 1. The van der Waals surface area contributed by atoms with Crippen molar-refractivity contribution in [3.05, 3.63) is 21.6 Å². The third kappa shape index (κ3) is 2.90. The van der Waals surface area contributed by atoms with E-state index in [4.69, 9.17) is 0 Å². The van der Waals surface area contributed by atoms with Crippen molar-refractivity contribution in [3.8, 4) is 0 Å². The number of nitrogens with zero attached hydrogens (tertiary/aromatic N) is 2. The predicted octanol–water partition coefficient (Wildman–Crippen LogP) is 1.81. The number of aryl methyl sites for hydroxylation is 1. The van der Waals surface area contributed by atoms with E-state index in [-0.39, 0.29) is 23.6 Å². The molecule has 1 aromatic heterocycles. The highest BCUT2D eigenvalue weighted by molar-refractivity contribution is 7.99. The Labute approximate surface area is 123 Å². The number of nitrogens with one attached hydrogen (secondary N) is 1. The number of fused-ring (bicyclic) bond motifs is 1. The van der Waals surface area contributed by atoms with Crippen LogP contribution in [-0.4, -0.2) is 27.3 Å². The Morgan fingerprint density at radius 1 is 1.55 bits per heavy atom. The highest BCUT2D eigenvalue weighted by atomic mass is 32.2. The predicted molar refractivity (Wildman–Crippen MR) is 80.2 cm³/mol. The molecule has 0 spiro atoms. The second-order valence-electron chi connectivity index (χ2n) is 5.33. The standard InChI is InChI=1S/C14H21N3O2S/c1-5-8(2)15-12(18)6-11-7-20-14-16-10(4)9(3)13(19)17(11)14/h8,11H,5-7H2,1-4H3,(H,15,18)/t8-,11+/m1/s1. The molecule has 0 aromatic carbocycles. The Bertz CT molecular complexity index is 583. The number of thioether (sulfide) groups is 1. The fourth-order valence-corrected chi connectivity index (χ4v) is 3.35. The Balaban J connectivity index is 2.18. The molecular formula is C14H21N3O2S. The maximum absolute atomic E-state index is 12.3. The summed E-state index contributed by atoms with van der Waals surface area (Å²) in [6, 6.07) is 0.0870. The van der Waals surface area contributed by atoms with E-state index in [0.717, 1.165) is 23.0 Å². The summed E-state index contributed by atoms with van der Waals surface area (Å²) < 4.78 is 1.68. The van der Waals surface area contributed by atoms with Crippen molar-refractivity contribution in [2.45, 2.75) is 57.8 Å². The fourth-order valence-electron chi connectivity index (χ4n) is 2.17. The van der Waals surface area contributed by atoms with Gasteiger partial charge in [-0.1, -0.05) is 18.7 Å². The van der Waals surface area contributed by atoms with Crippen LogP contribution in [0.3, 0.4) is 0 Å². The molecule has 110 valence electrons.